The molecule has 6 nitrogen and oxygen atoms in total. The molecular formula is C19H16N2O4. The van der Waals surface area contributed by atoms with Crippen molar-refractivity contribution in [2.45, 2.75) is 18.8 Å². The number of nitrogens with one attached hydrogen (secondary N) is 1. The second-order valence-electron chi connectivity index (χ2n) is 5.73. The van der Waals surface area contributed by atoms with E-state index in [9.17, 15) is 20.0 Å². The minimum Gasteiger partial charge on any atom is -0.494 e. The van der Waals surface area contributed by atoms with Gasteiger partial charge in [0.25, 0.3) is 0 Å². The summed E-state index contributed by atoms with van der Waals surface area (Å²) in [5.74, 6) is -1.10. The highest BCUT2D eigenvalue weighted by atomic mass is 16.5. The van der Waals surface area contributed by atoms with Crippen LogP contribution in [0.25, 0.3) is 0 Å². The molecule has 2 aromatic carbocycles. The Labute approximate surface area is 144 Å². The third-order valence-electron chi connectivity index (χ3n) is 4.31. The summed E-state index contributed by atoms with van der Waals surface area (Å²) in [6.07, 6.45) is -0.440. The Morgan fingerprint density at radius 2 is 2.04 bits per heavy atom. The van der Waals surface area contributed by atoms with Gasteiger partial charge in [0, 0.05) is 11.3 Å². The molecule has 0 saturated heterocycles. The van der Waals surface area contributed by atoms with Crippen molar-refractivity contribution >= 4 is 17.6 Å². The lowest BCUT2D eigenvalue weighted by atomic mass is 9.72. The number of amides is 1. The van der Waals surface area contributed by atoms with Gasteiger partial charge >= 0.3 is 5.97 Å². The molecule has 126 valence electrons. The molecule has 0 radical (unpaired) electrons. The second-order valence-corrected chi connectivity index (χ2v) is 5.73. The average Bonchev–Trinajstić information content (AvgIpc) is 2.87. The van der Waals surface area contributed by atoms with Crippen LogP contribution in [0.1, 0.15) is 30.0 Å². The molecule has 0 bridgehead atoms. The molecule has 1 heterocycles. The molecule has 6 heteroatoms. The molecule has 1 atom stereocenters. The number of rotatable bonds is 5. The topological polar surface area (TPSA) is 99.4 Å². The lowest BCUT2D eigenvalue weighted by Gasteiger charge is -2.28. The maximum atomic E-state index is 12.9. The summed E-state index contributed by atoms with van der Waals surface area (Å²) in [6, 6.07) is 13.7. The fourth-order valence-electron chi connectivity index (χ4n) is 3.29. The van der Waals surface area contributed by atoms with Crippen molar-refractivity contribution in [2.24, 2.45) is 0 Å². The number of carbonyl (C=O) groups excluding carboxylic acids is 1. The van der Waals surface area contributed by atoms with Crippen LogP contribution in [-0.2, 0) is 15.0 Å². The number of hydrogen-bond acceptors (Lipinski definition) is 4. The molecule has 1 unspecified atom stereocenters. The Morgan fingerprint density at radius 1 is 1.28 bits per heavy atom. The monoisotopic (exact) mass is 336 g/mol. The number of aliphatic carboxylic acids is 1. The Kier molecular flexibility index (Phi) is 4.15. The quantitative estimate of drug-likeness (QED) is 0.874. The average molecular weight is 336 g/mol. The van der Waals surface area contributed by atoms with Crippen LogP contribution < -0.4 is 10.1 Å². The normalized spacial score (nSPS) is 18.2. The summed E-state index contributed by atoms with van der Waals surface area (Å²) in [5, 5.41) is 21.5. The molecule has 1 aliphatic heterocycles. The summed E-state index contributed by atoms with van der Waals surface area (Å²) >= 11 is 0. The first-order chi connectivity index (χ1) is 12.0. The fraction of sp³-hybridized carbons (Fsp3) is 0.211. The molecule has 2 N–H and O–H groups in total. The summed E-state index contributed by atoms with van der Waals surface area (Å²) < 4.78 is 5.64. The van der Waals surface area contributed by atoms with E-state index < -0.39 is 23.7 Å². The van der Waals surface area contributed by atoms with Crippen molar-refractivity contribution in [1.29, 1.82) is 5.26 Å². The van der Waals surface area contributed by atoms with Gasteiger partial charge in [-0.1, -0.05) is 18.2 Å². The van der Waals surface area contributed by atoms with E-state index in [4.69, 9.17) is 4.74 Å². The zero-order valence-electron chi connectivity index (χ0n) is 13.6. The zero-order chi connectivity index (χ0) is 18.0. The van der Waals surface area contributed by atoms with Crippen LogP contribution in [-0.4, -0.2) is 23.6 Å². The SMILES string of the molecule is CCOc1ccccc1C1(CC(=O)O)C(=O)Nc2ccc(C#N)cc21. The van der Waals surface area contributed by atoms with E-state index in [2.05, 4.69) is 5.32 Å². The van der Waals surface area contributed by atoms with Gasteiger partial charge in [-0.15, -0.1) is 0 Å². The lowest BCUT2D eigenvalue weighted by Crippen LogP contribution is -2.38. The molecule has 0 fully saturated rings. The first-order valence-electron chi connectivity index (χ1n) is 7.83. The van der Waals surface area contributed by atoms with E-state index >= 15 is 0 Å². The predicted octanol–water partition coefficient (Wildman–Crippen LogP) is 2.67. The number of carbonyl (C=O) groups is 2. The predicted molar refractivity (Wildman–Crippen MR) is 90.4 cm³/mol. The van der Waals surface area contributed by atoms with Crippen molar-refractivity contribution in [2.75, 3.05) is 11.9 Å². The number of nitrogens with zero attached hydrogens (tertiary/aromatic N) is 1. The molecule has 1 amide bonds. The number of ether oxygens (including phenoxy) is 1. The Hall–Kier alpha value is -3.33. The molecule has 2 aromatic rings. The van der Waals surface area contributed by atoms with Crippen molar-refractivity contribution in [3.05, 3.63) is 59.2 Å². The molecule has 0 aliphatic carbocycles. The number of para-hydroxylation sites is 1. The van der Waals surface area contributed by atoms with Gasteiger partial charge in [0.15, 0.2) is 0 Å². The highest BCUT2D eigenvalue weighted by molar-refractivity contribution is 6.11. The minimum atomic E-state index is -1.44. The van der Waals surface area contributed by atoms with E-state index in [0.717, 1.165) is 0 Å². The number of anilines is 1. The lowest BCUT2D eigenvalue weighted by molar-refractivity contribution is -0.140. The Bertz CT molecular complexity index is 901. The molecule has 0 spiro atoms. The van der Waals surface area contributed by atoms with Gasteiger partial charge in [-0.25, -0.2) is 0 Å². The maximum Gasteiger partial charge on any atom is 0.305 e. The van der Waals surface area contributed by atoms with E-state index in [1.54, 1.807) is 42.5 Å². The van der Waals surface area contributed by atoms with Gasteiger partial charge in [-0.3, -0.25) is 9.59 Å². The van der Waals surface area contributed by atoms with Gasteiger partial charge in [0.2, 0.25) is 5.91 Å². The summed E-state index contributed by atoms with van der Waals surface area (Å²) in [4.78, 5) is 24.6. The molecule has 25 heavy (non-hydrogen) atoms. The number of carboxylic acids is 1. The van der Waals surface area contributed by atoms with E-state index in [1.807, 2.05) is 13.0 Å². The van der Waals surface area contributed by atoms with Gasteiger partial charge in [-0.05, 0) is 36.8 Å². The van der Waals surface area contributed by atoms with Crippen LogP contribution in [0.2, 0.25) is 0 Å². The number of benzene rings is 2. The Morgan fingerprint density at radius 3 is 2.72 bits per heavy atom. The van der Waals surface area contributed by atoms with Crippen molar-refractivity contribution < 1.29 is 19.4 Å². The molecule has 3 rings (SSSR count). The van der Waals surface area contributed by atoms with E-state index in [0.29, 0.717) is 34.7 Å². The van der Waals surface area contributed by atoms with E-state index in [-0.39, 0.29) is 0 Å². The standard InChI is InChI=1S/C19H16N2O4/c1-2-25-16-6-4-3-5-13(16)19(10-17(22)23)14-9-12(11-20)7-8-15(14)21-18(19)24/h3-9H,2,10H2,1H3,(H,21,24)(H,22,23). The first kappa shape index (κ1) is 16.5. The third kappa shape index (κ3) is 2.60. The molecule has 0 saturated carbocycles. The van der Waals surface area contributed by atoms with Crippen LogP contribution in [0, 0.1) is 11.3 Å². The highest BCUT2D eigenvalue weighted by Gasteiger charge is 2.51. The first-order valence-corrected chi connectivity index (χ1v) is 7.83. The fourth-order valence-corrected chi connectivity index (χ4v) is 3.29. The number of carboxylic acid groups (broad SMARTS) is 1. The third-order valence-corrected chi connectivity index (χ3v) is 4.31. The van der Waals surface area contributed by atoms with Gasteiger partial charge in [0.1, 0.15) is 11.2 Å². The van der Waals surface area contributed by atoms with Crippen molar-refractivity contribution in [3.63, 3.8) is 0 Å². The van der Waals surface area contributed by atoms with Gasteiger partial charge in [-0.2, -0.15) is 5.26 Å². The van der Waals surface area contributed by atoms with E-state index in [1.165, 1.54) is 0 Å². The number of hydrogen-bond donors (Lipinski definition) is 2. The number of nitriles is 1. The molecule has 0 aromatic heterocycles. The largest absolute Gasteiger partial charge is 0.494 e. The molecule has 1 aliphatic rings. The van der Waals surface area contributed by atoms with Crippen LogP contribution in [0.3, 0.4) is 0 Å². The summed E-state index contributed by atoms with van der Waals surface area (Å²) in [7, 11) is 0. The van der Waals surface area contributed by atoms with Crippen molar-refractivity contribution in [1.82, 2.24) is 0 Å². The van der Waals surface area contributed by atoms with Crippen LogP contribution in [0.5, 0.6) is 5.75 Å². The zero-order valence-corrected chi connectivity index (χ0v) is 13.6. The van der Waals surface area contributed by atoms with Gasteiger partial charge < -0.3 is 15.2 Å². The summed E-state index contributed by atoms with van der Waals surface area (Å²) in [6.45, 7) is 2.20. The highest BCUT2D eigenvalue weighted by Crippen LogP contribution is 2.48. The maximum absolute atomic E-state index is 12.9. The smallest absolute Gasteiger partial charge is 0.305 e. The summed E-state index contributed by atoms with van der Waals surface area (Å²) in [5.41, 5.74) is 0.381. The second kappa shape index (κ2) is 6.29. The van der Waals surface area contributed by atoms with Crippen molar-refractivity contribution in [3.8, 4) is 11.8 Å². The number of fused-ring (bicyclic) bond motifs is 1. The van der Waals surface area contributed by atoms with Crippen LogP contribution >= 0.6 is 0 Å². The minimum absolute atomic E-state index is 0.360. The van der Waals surface area contributed by atoms with Crippen LogP contribution in [0.4, 0.5) is 5.69 Å². The Balaban J connectivity index is 2.32. The molecular weight excluding hydrogens is 320 g/mol. The van der Waals surface area contributed by atoms with Crippen LogP contribution in [0.15, 0.2) is 42.5 Å². The van der Waals surface area contributed by atoms with Gasteiger partial charge in [0.05, 0.1) is 24.7 Å².